The fourth-order valence-electron chi connectivity index (χ4n) is 2.76. The number of hydrogen-bond donors (Lipinski definition) is 1. The summed E-state index contributed by atoms with van der Waals surface area (Å²) in [5.41, 5.74) is 0.422. The number of rotatable bonds is 6. The summed E-state index contributed by atoms with van der Waals surface area (Å²) in [5, 5.41) is 0. The summed E-state index contributed by atoms with van der Waals surface area (Å²) in [6.07, 6.45) is 2.06. The zero-order valence-electron chi connectivity index (χ0n) is 14.5. The van der Waals surface area contributed by atoms with Crippen LogP contribution >= 0.6 is 0 Å². The van der Waals surface area contributed by atoms with Gasteiger partial charge < -0.3 is 9.64 Å². The minimum Gasteiger partial charge on any atom is -0.491 e. The highest BCUT2D eigenvalue weighted by atomic mass is 32.2. The van der Waals surface area contributed by atoms with Crippen LogP contribution in [-0.4, -0.2) is 44.2 Å². The molecule has 1 aromatic carbocycles. The van der Waals surface area contributed by atoms with Gasteiger partial charge in [-0.1, -0.05) is 6.92 Å². The van der Waals surface area contributed by atoms with Crippen molar-refractivity contribution in [3.05, 3.63) is 24.3 Å². The largest absolute Gasteiger partial charge is 0.491 e. The lowest BCUT2D eigenvalue weighted by Crippen LogP contribution is -2.42. The van der Waals surface area contributed by atoms with E-state index in [0.717, 1.165) is 12.8 Å². The van der Waals surface area contributed by atoms with Gasteiger partial charge in [0.05, 0.1) is 6.10 Å². The molecule has 0 bridgehead atoms. The number of sulfonamides is 1. The highest BCUT2D eigenvalue weighted by molar-refractivity contribution is 7.93. The Morgan fingerprint density at radius 2 is 2.00 bits per heavy atom. The van der Waals surface area contributed by atoms with Crippen LogP contribution in [0.3, 0.4) is 0 Å². The first-order chi connectivity index (χ1) is 11.2. The van der Waals surface area contributed by atoms with Crippen LogP contribution in [-0.2, 0) is 14.8 Å². The van der Waals surface area contributed by atoms with E-state index in [1.54, 1.807) is 29.2 Å². The molecule has 1 atom stereocenters. The second-order valence-electron chi connectivity index (χ2n) is 6.64. The molecule has 134 valence electrons. The molecule has 1 aromatic rings. The molecule has 24 heavy (non-hydrogen) atoms. The maximum absolute atomic E-state index is 12.2. The predicted molar refractivity (Wildman–Crippen MR) is 94.6 cm³/mol. The molecule has 1 aliphatic heterocycles. The highest BCUT2D eigenvalue weighted by Gasteiger charge is 2.25. The molecule has 1 saturated heterocycles. The molecule has 0 saturated carbocycles. The molecule has 1 heterocycles. The SMILES string of the molecule is CC1CCCN(C(=O)CS(=O)(=O)Nc2ccc(OC(C)C)cc2)C1. The number of anilines is 1. The lowest BCUT2D eigenvalue weighted by Gasteiger charge is -2.30. The quantitative estimate of drug-likeness (QED) is 0.851. The van der Waals surface area contributed by atoms with Crippen LogP contribution in [0.5, 0.6) is 5.75 Å². The van der Waals surface area contributed by atoms with Gasteiger partial charge in [-0.15, -0.1) is 0 Å². The smallest absolute Gasteiger partial charge is 0.241 e. The first-order valence-electron chi connectivity index (χ1n) is 8.30. The number of likely N-dealkylation sites (tertiary alicyclic amines) is 1. The summed E-state index contributed by atoms with van der Waals surface area (Å²) in [6, 6.07) is 6.66. The molecule has 6 nitrogen and oxygen atoms in total. The summed E-state index contributed by atoms with van der Waals surface area (Å²) in [4.78, 5) is 13.9. The molecule has 0 aliphatic carbocycles. The molecule has 1 fully saturated rings. The number of carbonyl (C=O) groups is 1. The van der Waals surface area contributed by atoms with Gasteiger partial charge in [0.15, 0.2) is 0 Å². The lowest BCUT2D eigenvalue weighted by atomic mass is 10.0. The van der Waals surface area contributed by atoms with E-state index in [1.807, 2.05) is 13.8 Å². The molecular formula is C17H26N2O4S. The number of nitrogens with one attached hydrogen (secondary N) is 1. The van der Waals surface area contributed by atoms with Crippen molar-refractivity contribution in [2.24, 2.45) is 5.92 Å². The Bertz CT molecular complexity index is 656. The van der Waals surface area contributed by atoms with Crippen molar-refractivity contribution in [2.45, 2.75) is 39.7 Å². The van der Waals surface area contributed by atoms with E-state index in [1.165, 1.54) is 0 Å². The summed E-state index contributed by atoms with van der Waals surface area (Å²) >= 11 is 0. The van der Waals surface area contributed by atoms with E-state index in [9.17, 15) is 13.2 Å². The Morgan fingerprint density at radius 3 is 2.58 bits per heavy atom. The van der Waals surface area contributed by atoms with E-state index in [2.05, 4.69) is 11.6 Å². The molecule has 1 aliphatic rings. The summed E-state index contributed by atoms with van der Waals surface area (Å²) < 4.78 is 32.4. The van der Waals surface area contributed by atoms with E-state index in [4.69, 9.17) is 4.74 Å². The normalized spacial score (nSPS) is 18.5. The molecule has 0 radical (unpaired) electrons. The number of piperidine rings is 1. The minimum absolute atomic E-state index is 0.0529. The topological polar surface area (TPSA) is 75.7 Å². The van der Waals surface area contributed by atoms with E-state index >= 15 is 0 Å². The van der Waals surface area contributed by atoms with Crippen LogP contribution in [0.15, 0.2) is 24.3 Å². The Balaban J connectivity index is 1.94. The van der Waals surface area contributed by atoms with Gasteiger partial charge in [-0.05, 0) is 56.9 Å². The van der Waals surface area contributed by atoms with E-state index in [0.29, 0.717) is 30.4 Å². The van der Waals surface area contributed by atoms with E-state index in [-0.39, 0.29) is 12.0 Å². The summed E-state index contributed by atoms with van der Waals surface area (Å²) in [5.74, 6) is 0.233. The van der Waals surface area contributed by atoms with Crippen molar-refractivity contribution in [1.82, 2.24) is 4.90 Å². The van der Waals surface area contributed by atoms with Gasteiger partial charge in [0.25, 0.3) is 0 Å². The number of amides is 1. The molecule has 0 aromatic heterocycles. The third kappa shape index (κ3) is 5.70. The second-order valence-corrected chi connectivity index (χ2v) is 8.36. The van der Waals surface area contributed by atoms with Crippen molar-refractivity contribution in [1.29, 1.82) is 0 Å². The molecule has 1 unspecified atom stereocenters. The molecule has 7 heteroatoms. The van der Waals surface area contributed by atoms with Gasteiger partial charge in [0.1, 0.15) is 11.5 Å². The number of ether oxygens (including phenoxy) is 1. The molecule has 0 spiro atoms. The Kier molecular flexibility index (Phi) is 6.10. The van der Waals surface area contributed by atoms with Gasteiger partial charge in [0, 0.05) is 18.8 Å². The average molecular weight is 354 g/mol. The van der Waals surface area contributed by atoms with Crippen LogP contribution in [0.25, 0.3) is 0 Å². The van der Waals surface area contributed by atoms with Crippen molar-refractivity contribution < 1.29 is 17.9 Å². The van der Waals surface area contributed by atoms with Crippen LogP contribution in [0.2, 0.25) is 0 Å². The number of hydrogen-bond acceptors (Lipinski definition) is 4. The number of benzene rings is 1. The molecule has 1 N–H and O–H groups in total. The molecule has 1 amide bonds. The first-order valence-corrected chi connectivity index (χ1v) is 9.95. The maximum Gasteiger partial charge on any atom is 0.241 e. The van der Waals surface area contributed by atoms with Crippen molar-refractivity contribution >= 4 is 21.6 Å². The van der Waals surface area contributed by atoms with E-state index < -0.39 is 15.8 Å². The van der Waals surface area contributed by atoms with Gasteiger partial charge >= 0.3 is 0 Å². The third-order valence-corrected chi connectivity index (χ3v) is 5.00. The van der Waals surface area contributed by atoms with Crippen LogP contribution in [0.1, 0.15) is 33.6 Å². The Hall–Kier alpha value is -1.76. The zero-order chi connectivity index (χ0) is 17.7. The van der Waals surface area contributed by atoms with Crippen LogP contribution in [0, 0.1) is 5.92 Å². The standard InChI is InChI=1S/C17H26N2O4S/c1-13(2)23-16-8-6-15(7-9-16)18-24(21,22)12-17(20)19-10-4-5-14(3)11-19/h6-9,13-14,18H,4-5,10-12H2,1-3H3. The lowest BCUT2D eigenvalue weighted by molar-refractivity contribution is -0.130. The van der Waals surface area contributed by atoms with Gasteiger partial charge in [0.2, 0.25) is 15.9 Å². The number of carbonyl (C=O) groups excluding carboxylic acids is 1. The van der Waals surface area contributed by atoms with Gasteiger partial charge in [-0.3, -0.25) is 9.52 Å². The summed E-state index contributed by atoms with van der Waals surface area (Å²) in [7, 11) is -3.72. The molecular weight excluding hydrogens is 328 g/mol. The third-order valence-electron chi connectivity index (χ3n) is 3.82. The Labute approximate surface area is 144 Å². The van der Waals surface area contributed by atoms with Crippen molar-refractivity contribution in [3.63, 3.8) is 0 Å². The first kappa shape index (κ1) is 18.6. The minimum atomic E-state index is -3.72. The van der Waals surface area contributed by atoms with Crippen molar-refractivity contribution in [2.75, 3.05) is 23.6 Å². The van der Waals surface area contributed by atoms with Gasteiger partial charge in [-0.25, -0.2) is 8.42 Å². The Morgan fingerprint density at radius 1 is 1.33 bits per heavy atom. The zero-order valence-corrected chi connectivity index (χ0v) is 15.3. The fourth-order valence-corrected chi connectivity index (χ4v) is 3.83. The second kappa shape index (κ2) is 7.88. The maximum atomic E-state index is 12.2. The number of nitrogens with zero attached hydrogens (tertiary/aromatic N) is 1. The van der Waals surface area contributed by atoms with Gasteiger partial charge in [-0.2, -0.15) is 0 Å². The molecule has 2 rings (SSSR count). The van der Waals surface area contributed by atoms with Crippen LogP contribution in [0.4, 0.5) is 5.69 Å². The highest BCUT2D eigenvalue weighted by Crippen LogP contribution is 2.19. The predicted octanol–water partition coefficient (Wildman–Crippen LogP) is 2.47. The summed E-state index contributed by atoms with van der Waals surface area (Å²) in [6.45, 7) is 7.19. The van der Waals surface area contributed by atoms with Crippen molar-refractivity contribution in [3.8, 4) is 5.75 Å². The van der Waals surface area contributed by atoms with Crippen LogP contribution < -0.4 is 9.46 Å². The fraction of sp³-hybridized carbons (Fsp3) is 0.588. The monoisotopic (exact) mass is 354 g/mol. The average Bonchev–Trinajstić information content (AvgIpc) is 2.48.